The van der Waals surface area contributed by atoms with Crippen LogP contribution in [0.1, 0.15) is 181 Å². The summed E-state index contributed by atoms with van der Waals surface area (Å²) in [4.78, 5) is 37.6. The van der Waals surface area contributed by atoms with Crippen molar-refractivity contribution in [2.24, 2.45) is 0 Å². The first-order valence-corrected chi connectivity index (χ1v) is 22.9. The number of hydrogen-bond donors (Lipinski definition) is 0. The molecule has 0 aliphatic rings. The second kappa shape index (κ2) is 45.8. The number of carbonyl (C=O) groups excluding carboxylic acids is 3. The molecule has 0 saturated carbocycles. The maximum Gasteiger partial charge on any atom is 0.310 e. The minimum atomic E-state index is -0.840. The molecule has 6 heteroatoms. The van der Waals surface area contributed by atoms with E-state index in [0.29, 0.717) is 19.3 Å². The number of unbranched alkanes of at least 4 members (excludes halogenated alkanes) is 11. The molecule has 0 radical (unpaired) electrons. The molecule has 1 unspecified atom stereocenters. The van der Waals surface area contributed by atoms with Gasteiger partial charge in [-0.25, -0.2) is 0 Å². The summed E-state index contributed by atoms with van der Waals surface area (Å²) >= 11 is 0. The molecule has 0 aliphatic heterocycles. The van der Waals surface area contributed by atoms with Crippen molar-refractivity contribution in [3.63, 3.8) is 0 Å². The SMILES string of the molecule is CC/C=C\C/C=C\C/C=C\C/C=C\C/C=C\CC(=O)OC(COC(=O)CCCCCC/C=C\C/C=C\C/C=C\C/C=C\CC)COC(=O)CCCCCCCCCC. The van der Waals surface area contributed by atoms with E-state index in [1.54, 1.807) is 6.08 Å². The molecule has 0 saturated heterocycles. The molecule has 326 valence electrons. The van der Waals surface area contributed by atoms with Gasteiger partial charge in [0.2, 0.25) is 0 Å². The van der Waals surface area contributed by atoms with Crippen LogP contribution in [-0.4, -0.2) is 37.2 Å². The van der Waals surface area contributed by atoms with Gasteiger partial charge in [-0.05, 0) is 83.5 Å². The average molecular weight is 803 g/mol. The van der Waals surface area contributed by atoms with Crippen LogP contribution in [0.5, 0.6) is 0 Å². The molecule has 0 aromatic heterocycles. The smallest absolute Gasteiger partial charge is 0.310 e. The van der Waals surface area contributed by atoms with Crippen molar-refractivity contribution >= 4 is 17.9 Å². The van der Waals surface area contributed by atoms with Crippen molar-refractivity contribution in [2.75, 3.05) is 13.2 Å². The fraction of sp³-hybridized carbons (Fsp3) is 0.596. The molecule has 0 spiro atoms. The van der Waals surface area contributed by atoms with Gasteiger partial charge in [0.1, 0.15) is 13.2 Å². The van der Waals surface area contributed by atoms with Crippen LogP contribution in [0.25, 0.3) is 0 Å². The van der Waals surface area contributed by atoms with Crippen LogP contribution in [0, 0.1) is 0 Å². The maximum absolute atomic E-state index is 12.7. The standard InChI is InChI=1S/C52H82O6/c1-4-7-10-13-16-19-21-23-25-26-28-29-31-33-36-39-42-45-51(54)57-48-49(47-56-50(53)44-41-38-35-18-15-12-9-6-3)58-52(55)46-43-40-37-34-32-30-27-24-22-20-17-14-11-8-5-2/h7-8,10-11,16-17,19-20,23-25,27-29,32,34,40,43,49H,4-6,9,12-15,18,21-22,26,30-31,33,35-39,41-42,44-48H2,1-3H3/b10-7-,11-8-,19-16-,20-17-,25-23-,27-24-,29-28-,34-32-,43-40-. The maximum atomic E-state index is 12.7. The van der Waals surface area contributed by atoms with E-state index in [1.165, 1.54) is 32.1 Å². The highest BCUT2D eigenvalue weighted by molar-refractivity contribution is 5.72. The molecule has 0 heterocycles. The van der Waals surface area contributed by atoms with Gasteiger partial charge in [-0.2, -0.15) is 0 Å². The Bertz CT molecular complexity index is 1240. The van der Waals surface area contributed by atoms with E-state index in [-0.39, 0.29) is 31.6 Å². The minimum Gasteiger partial charge on any atom is -0.462 e. The van der Waals surface area contributed by atoms with Crippen molar-refractivity contribution in [1.82, 2.24) is 0 Å². The fourth-order valence-electron chi connectivity index (χ4n) is 5.68. The van der Waals surface area contributed by atoms with Gasteiger partial charge in [-0.3, -0.25) is 14.4 Å². The number of allylic oxidation sites excluding steroid dienone is 17. The van der Waals surface area contributed by atoms with Crippen molar-refractivity contribution in [1.29, 1.82) is 0 Å². The Labute approximate surface area is 355 Å². The Morgan fingerprint density at radius 3 is 1.14 bits per heavy atom. The molecule has 0 aromatic carbocycles. The molecule has 58 heavy (non-hydrogen) atoms. The zero-order valence-electron chi connectivity index (χ0n) is 37.0. The van der Waals surface area contributed by atoms with Gasteiger partial charge in [0.05, 0.1) is 6.42 Å². The van der Waals surface area contributed by atoms with E-state index in [0.717, 1.165) is 103 Å². The van der Waals surface area contributed by atoms with Gasteiger partial charge in [0, 0.05) is 12.8 Å². The van der Waals surface area contributed by atoms with Gasteiger partial charge in [0.25, 0.3) is 0 Å². The molecule has 0 aromatic rings. The average Bonchev–Trinajstić information content (AvgIpc) is 3.22. The topological polar surface area (TPSA) is 78.9 Å². The third kappa shape index (κ3) is 43.2. The number of esters is 3. The Balaban J connectivity index is 4.53. The lowest BCUT2D eigenvalue weighted by Crippen LogP contribution is -2.30. The highest BCUT2D eigenvalue weighted by atomic mass is 16.6. The lowest BCUT2D eigenvalue weighted by Gasteiger charge is -2.18. The molecule has 0 rings (SSSR count). The normalized spacial score (nSPS) is 13.1. The van der Waals surface area contributed by atoms with Gasteiger partial charge in [0.15, 0.2) is 6.10 Å². The summed E-state index contributed by atoms with van der Waals surface area (Å²) in [6, 6.07) is 0. The monoisotopic (exact) mass is 803 g/mol. The van der Waals surface area contributed by atoms with Crippen LogP contribution in [-0.2, 0) is 28.6 Å². The summed E-state index contributed by atoms with van der Waals surface area (Å²) in [6.45, 7) is 6.24. The minimum absolute atomic E-state index is 0.0884. The van der Waals surface area contributed by atoms with Crippen molar-refractivity contribution in [3.05, 3.63) is 109 Å². The summed E-state index contributed by atoms with van der Waals surface area (Å²) in [5.74, 6) is -1.10. The number of rotatable bonds is 39. The van der Waals surface area contributed by atoms with E-state index >= 15 is 0 Å². The molecule has 0 amide bonds. The summed E-state index contributed by atoms with van der Waals surface area (Å²) in [5, 5.41) is 0. The van der Waals surface area contributed by atoms with Crippen LogP contribution in [0.2, 0.25) is 0 Å². The lowest BCUT2D eigenvalue weighted by atomic mass is 10.1. The van der Waals surface area contributed by atoms with E-state index in [9.17, 15) is 14.4 Å². The predicted octanol–water partition coefficient (Wildman–Crippen LogP) is 14.8. The van der Waals surface area contributed by atoms with Crippen LogP contribution in [0.15, 0.2) is 109 Å². The molecule has 0 N–H and O–H groups in total. The van der Waals surface area contributed by atoms with Gasteiger partial charge in [-0.15, -0.1) is 0 Å². The molecule has 0 fully saturated rings. The van der Waals surface area contributed by atoms with Gasteiger partial charge in [-0.1, -0.05) is 188 Å². The summed E-state index contributed by atoms with van der Waals surface area (Å²) in [7, 11) is 0. The summed E-state index contributed by atoms with van der Waals surface area (Å²) < 4.78 is 16.5. The molecule has 0 aliphatic carbocycles. The number of ether oxygens (including phenoxy) is 3. The number of hydrogen-bond acceptors (Lipinski definition) is 6. The Morgan fingerprint density at radius 1 is 0.379 bits per heavy atom. The number of carbonyl (C=O) groups is 3. The van der Waals surface area contributed by atoms with E-state index in [1.807, 2.05) is 6.08 Å². The van der Waals surface area contributed by atoms with Crippen LogP contribution in [0.4, 0.5) is 0 Å². The van der Waals surface area contributed by atoms with Crippen LogP contribution < -0.4 is 0 Å². The van der Waals surface area contributed by atoms with Crippen LogP contribution in [0.3, 0.4) is 0 Å². The highest BCUT2D eigenvalue weighted by Crippen LogP contribution is 2.11. The summed E-state index contributed by atoms with van der Waals surface area (Å²) in [6.07, 6.45) is 61.0. The fourth-order valence-corrected chi connectivity index (χ4v) is 5.68. The first-order valence-electron chi connectivity index (χ1n) is 22.9. The van der Waals surface area contributed by atoms with E-state index in [2.05, 4.69) is 118 Å². The second-order valence-corrected chi connectivity index (χ2v) is 14.6. The second-order valence-electron chi connectivity index (χ2n) is 14.6. The molecule has 6 nitrogen and oxygen atoms in total. The van der Waals surface area contributed by atoms with Crippen LogP contribution >= 0.6 is 0 Å². The van der Waals surface area contributed by atoms with E-state index < -0.39 is 12.1 Å². The molecule has 1 atom stereocenters. The predicted molar refractivity (Wildman–Crippen MR) is 247 cm³/mol. The molecule has 0 bridgehead atoms. The first kappa shape index (κ1) is 54.1. The Morgan fingerprint density at radius 2 is 0.724 bits per heavy atom. The Kier molecular flexibility index (Phi) is 42.7. The van der Waals surface area contributed by atoms with Gasteiger partial charge >= 0.3 is 17.9 Å². The largest absolute Gasteiger partial charge is 0.462 e. The Hall–Kier alpha value is -3.93. The highest BCUT2D eigenvalue weighted by Gasteiger charge is 2.19. The van der Waals surface area contributed by atoms with Gasteiger partial charge < -0.3 is 14.2 Å². The van der Waals surface area contributed by atoms with Crippen molar-refractivity contribution < 1.29 is 28.6 Å². The molecular weight excluding hydrogens is 721 g/mol. The van der Waals surface area contributed by atoms with E-state index in [4.69, 9.17) is 14.2 Å². The zero-order valence-corrected chi connectivity index (χ0v) is 37.0. The first-order chi connectivity index (χ1) is 28.5. The van der Waals surface area contributed by atoms with Crippen molar-refractivity contribution in [3.8, 4) is 0 Å². The summed E-state index contributed by atoms with van der Waals surface area (Å²) in [5.41, 5.74) is 0. The third-order valence-electron chi connectivity index (χ3n) is 9.06. The third-order valence-corrected chi connectivity index (χ3v) is 9.06. The quantitative estimate of drug-likeness (QED) is 0.0267. The zero-order chi connectivity index (χ0) is 42.3. The lowest BCUT2D eigenvalue weighted by molar-refractivity contribution is -0.166. The van der Waals surface area contributed by atoms with Crippen molar-refractivity contribution in [2.45, 2.75) is 187 Å². The molecular formula is C52H82O6.